The molecule has 0 saturated heterocycles. The van der Waals surface area contributed by atoms with Crippen molar-refractivity contribution in [2.24, 2.45) is 0 Å². The van der Waals surface area contributed by atoms with Crippen LogP contribution >= 0.6 is 0 Å². The van der Waals surface area contributed by atoms with E-state index < -0.39 is 54.8 Å². The highest BCUT2D eigenvalue weighted by Gasteiger charge is 2.23. The maximum absolute atomic E-state index is 12.2. The molecular weight excluding hydrogens is 757 g/mol. The number of aliphatic hydroxyl groups is 9. The molecule has 0 rings (SSSR count). The van der Waals surface area contributed by atoms with E-state index in [2.05, 4.69) is 35.7 Å². The van der Waals surface area contributed by atoms with Crippen LogP contribution in [0.15, 0.2) is 24.3 Å². The summed E-state index contributed by atoms with van der Waals surface area (Å²) in [6.45, 7) is 0. The molecule has 0 aromatic heterocycles. The molecule has 0 heterocycles. The average molecular weight is 829 g/mol. The third-order valence-corrected chi connectivity index (χ3v) is 9.65. The maximum atomic E-state index is 12.2. The Hall–Kier alpha value is -3.50. The number of carboxylic acids is 1. The Bertz CT molecular complexity index is 1400. The number of rotatable bonds is 33. The second-order valence-corrected chi connectivity index (χ2v) is 15.1. The van der Waals surface area contributed by atoms with Gasteiger partial charge in [0.2, 0.25) is 0 Å². The van der Waals surface area contributed by atoms with Crippen molar-refractivity contribution in [2.75, 3.05) is 0 Å². The van der Waals surface area contributed by atoms with E-state index >= 15 is 0 Å². The predicted molar refractivity (Wildman–Crippen MR) is 228 cm³/mol. The quantitative estimate of drug-likeness (QED) is 0.0257. The van der Waals surface area contributed by atoms with Crippen molar-refractivity contribution in [3.63, 3.8) is 0 Å². The summed E-state index contributed by atoms with van der Waals surface area (Å²) in [7, 11) is 0. The number of aliphatic carboxylic acids is 1. The number of carbonyl (C=O) groups excluding carboxylic acids is 1. The van der Waals surface area contributed by atoms with Gasteiger partial charge in [0, 0.05) is 25.2 Å². The Labute approximate surface area is 352 Å². The maximum Gasteiger partial charge on any atom is 0.381 e. The minimum absolute atomic E-state index is 0.178. The summed E-state index contributed by atoms with van der Waals surface area (Å²) in [6.07, 6.45) is 20.1. The first-order valence-corrected chi connectivity index (χ1v) is 21.4. The number of ketones is 1. The first kappa shape index (κ1) is 55.5. The number of allylic oxidation sites excluding steroid dienone is 1. The van der Waals surface area contributed by atoms with E-state index in [1.807, 2.05) is 12.0 Å². The highest BCUT2D eigenvalue weighted by Crippen LogP contribution is 2.16. The number of hydrogen-bond acceptors (Lipinski definition) is 11. The van der Waals surface area contributed by atoms with Crippen molar-refractivity contribution in [1.82, 2.24) is 0 Å². The monoisotopic (exact) mass is 829 g/mol. The lowest BCUT2D eigenvalue weighted by Gasteiger charge is -2.19. The Morgan fingerprint density at radius 2 is 1.15 bits per heavy atom. The smallest absolute Gasteiger partial charge is 0.381 e. The molecule has 0 saturated carbocycles. The second kappa shape index (κ2) is 37.5. The summed E-state index contributed by atoms with van der Waals surface area (Å²) in [5.74, 6) is 14.9. The third kappa shape index (κ3) is 35.0. The first-order valence-electron chi connectivity index (χ1n) is 21.4. The molecule has 12 heteroatoms. The van der Waals surface area contributed by atoms with Crippen LogP contribution in [0.1, 0.15) is 154 Å². The molecular formula is C47H72O12. The van der Waals surface area contributed by atoms with Crippen molar-refractivity contribution in [2.45, 2.75) is 209 Å². The fraction of sp³-hybridized carbons (Fsp3) is 0.702. The standard InChI is InChI=1S/C47H72O12/c1-2-37(48)31-32-41(52)28-22-30-42(53)43(54)34-33-40(51)27-20-15-14-19-26-39(50)25-18-12-9-11-17-24-38(49)23-16-10-7-5-3-4-6-8-13-21-29-44(55)47(59)45(56)35-36-46(57)58/h1,11,17,31-32,37-38,40-45,47-49,51-56,59H,3-10,12-16,18-19,21-26,28-30H2,(H,57,58)/b17-11+,32-31+. The molecule has 0 radical (unpaired) electrons. The van der Waals surface area contributed by atoms with E-state index in [1.54, 1.807) is 5.92 Å². The molecule has 0 fully saturated rings. The molecule has 59 heavy (non-hydrogen) atoms. The number of unbranched alkanes of at least 4 members (excludes halogenated alkanes) is 13. The first-order chi connectivity index (χ1) is 28.3. The molecule has 0 aliphatic heterocycles. The fourth-order valence-electron chi connectivity index (χ4n) is 6.03. The van der Waals surface area contributed by atoms with E-state index in [0.717, 1.165) is 83.5 Å². The van der Waals surface area contributed by atoms with Gasteiger partial charge in [0.1, 0.15) is 30.2 Å². The van der Waals surface area contributed by atoms with Crippen molar-refractivity contribution >= 4 is 11.8 Å². The zero-order valence-electron chi connectivity index (χ0n) is 34.8. The molecule has 12 nitrogen and oxygen atoms in total. The lowest BCUT2D eigenvalue weighted by molar-refractivity contribution is -0.130. The molecule has 10 N–H and O–H groups in total. The van der Waals surface area contributed by atoms with Gasteiger partial charge in [-0.15, -0.1) is 6.42 Å². The Kier molecular flexibility index (Phi) is 35.3. The SMILES string of the molecule is C#CC(O)/C=C/C(O)CCCC(O)C(O)C#CC(O)C#CCCCCC(=O)CCCC/C=C/CC(O)CCCCCCCCCCCCC(O)C(O)C(O)C#CC(=O)O. The highest BCUT2D eigenvalue weighted by atomic mass is 16.4. The lowest BCUT2D eigenvalue weighted by atomic mass is 10.0. The fourth-order valence-corrected chi connectivity index (χ4v) is 6.03. The predicted octanol–water partition coefficient (Wildman–Crippen LogP) is 4.01. The van der Waals surface area contributed by atoms with Gasteiger partial charge in [-0.1, -0.05) is 118 Å². The minimum Gasteiger partial charge on any atom is -0.472 e. The van der Waals surface area contributed by atoms with Gasteiger partial charge in [-0.25, -0.2) is 4.79 Å². The minimum atomic E-state index is -1.59. The van der Waals surface area contributed by atoms with E-state index in [0.29, 0.717) is 64.2 Å². The van der Waals surface area contributed by atoms with E-state index in [9.17, 15) is 55.5 Å². The van der Waals surface area contributed by atoms with Crippen molar-refractivity contribution < 1.29 is 60.7 Å². The van der Waals surface area contributed by atoms with Gasteiger partial charge in [-0.3, -0.25) is 4.79 Å². The third-order valence-electron chi connectivity index (χ3n) is 9.65. The number of hydrogen-bond donors (Lipinski definition) is 10. The van der Waals surface area contributed by atoms with E-state index in [4.69, 9.17) is 11.5 Å². The van der Waals surface area contributed by atoms with Crippen LogP contribution in [0, 0.1) is 47.9 Å². The van der Waals surface area contributed by atoms with Crippen LogP contribution in [0.25, 0.3) is 0 Å². The van der Waals surface area contributed by atoms with Gasteiger partial charge in [-0.2, -0.15) is 0 Å². The van der Waals surface area contributed by atoms with Crippen LogP contribution in [-0.2, 0) is 9.59 Å². The van der Waals surface area contributed by atoms with Gasteiger partial charge >= 0.3 is 5.97 Å². The van der Waals surface area contributed by atoms with Gasteiger partial charge in [0.25, 0.3) is 0 Å². The van der Waals surface area contributed by atoms with Crippen molar-refractivity contribution in [1.29, 1.82) is 0 Å². The van der Waals surface area contributed by atoms with Gasteiger partial charge in [-0.05, 0) is 76.7 Å². The van der Waals surface area contributed by atoms with Gasteiger partial charge in [0.15, 0.2) is 6.10 Å². The summed E-state index contributed by atoms with van der Waals surface area (Å²) in [4.78, 5) is 22.6. The molecule has 0 aromatic carbocycles. The Morgan fingerprint density at radius 3 is 1.78 bits per heavy atom. The summed E-state index contributed by atoms with van der Waals surface area (Å²) < 4.78 is 0. The zero-order valence-corrected chi connectivity index (χ0v) is 34.8. The van der Waals surface area contributed by atoms with E-state index in [-0.39, 0.29) is 18.3 Å². The normalized spacial score (nSPS) is 15.9. The molecule has 332 valence electrons. The largest absolute Gasteiger partial charge is 0.472 e. The lowest BCUT2D eigenvalue weighted by Crippen LogP contribution is -2.36. The zero-order chi connectivity index (χ0) is 44.1. The van der Waals surface area contributed by atoms with Crippen LogP contribution in [0.3, 0.4) is 0 Å². The van der Waals surface area contributed by atoms with Gasteiger partial charge in [0.05, 0.1) is 24.4 Å². The number of terminal acetylenes is 1. The molecule has 0 amide bonds. The Balaban J connectivity index is 3.78. The topological polar surface area (TPSA) is 236 Å². The van der Waals surface area contributed by atoms with E-state index in [1.165, 1.54) is 12.2 Å². The van der Waals surface area contributed by atoms with Crippen LogP contribution in [0.5, 0.6) is 0 Å². The molecule has 0 aliphatic carbocycles. The molecule has 9 unspecified atom stereocenters. The van der Waals surface area contributed by atoms with Crippen LogP contribution in [0.4, 0.5) is 0 Å². The van der Waals surface area contributed by atoms with Crippen LogP contribution in [0.2, 0.25) is 0 Å². The van der Waals surface area contributed by atoms with Crippen LogP contribution < -0.4 is 0 Å². The highest BCUT2D eigenvalue weighted by molar-refractivity contribution is 5.86. The number of carbonyl (C=O) groups is 2. The summed E-state index contributed by atoms with van der Waals surface area (Å²) in [6, 6.07) is 0. The number of aliphatic hydroxyl groups excluding tert-OH is 9. The summed E-state index contributed by atoms with van der Waals surface area (Å²) in [5, 5.41) is 97.2. The molecule has 0 aromatic rings. The molecule has 0 aliphatic rings. The summed E-state index contributed by atoms with van der Waals surface area (Å²) in [5.41, 5.74) is 0. The Morgan fingerprint density at radius 1 is 0.559 bits per heavy atom. The molecule has 9 atom stereocenters. The molecule has 0 spiro atoms. The number of carboxylic acid groups (broad SMARTS) is 1. The van der Waals surface area contributed by atoms with Crippen molar-refractivity contribution in [3.8, 4) is 47.9 Å². The number of Topliss-reactive ketones (excluding diaryl/α,β-unsaturated/α-hetero) is 1. The van der Waals surface area contributed by atoms with Gasteiger partial charge < -0.3 is 51.1 Å². The summed E-state index contributed by atoms with van der Waals surface area (Å²) >= 11 is 0. The molecule has 0 bridgehead atoms. The van der Waals surface area contributed by atoms with Crippen molar-refractivity contribution in [3.05, 3.63) is 24.3 Å². The second-order valence-electron chi connectivity index (χ2n) is 15.1. The average Bonchev–Trinajstić information content (AvgIpc) is 3.21. The van der Waals surface area contributed by atoms with Crippen LogP contribution in [-0.4, -0.2) is 118 Å².